The van der Waals surface area contributed by atoms with E-state index in [2.05, 4.69) is 52.5 Å². The van der Waals surface area contributed by atoms with Gasteiger partial charge in [-0.2, -0.15) is 8.42 Å². The molecule has 0 bridgehead atoms. The van der Waals surface area contributed by atoms with Gasteiger partial charge < -0.3 is 15.2 Å². The monoisotopic (exact) mass is 538 g/mol. The van der Waals surface area contributed by atoms with Gasteiger partial charge in [0.05, 0.1) is 23.4 Å². The van der Waals surface area contributed by atoms with E-state index >= 15 is 0 Å². The van der Waals surface area contributed by atoms with Crippen molar-refractivity contribution in [2.45, 2.75) is 59.1 Å². The van der Waals surface area contributed by atoms with Gasteiger partial charge in [0.15, 0.2) is 0 Å². The van der Waals surface area contributed by atoms with E-state index in [0.29, 0.717) is 6.54 Å². The summed E-state index contributed by atoms with van der Waals surface area (Å²) in [6.07, 6.45) is 3.19. The molecule has 1 aliphatic heterocycles. The Morgan fingerprint density at radius 1 is 1.13 bits per heavy atom. The first-order valence-electron chi connectivity index (χ1n) is 13.5. The van der Waals surface area contributed by atoms with Gasteiger partial charge in [-0.05, 0) is 86.5 Å². The number of benzene rings is 2. The van der Waals surface area contributed by atoms with Crippen molar-refractivity contribution in [2.75, 3.05) is 24.7 Å². The van der Waals surface area contributed by atoms with Crippen LogP contribution in [0.4, 0.5) is 5.69 Å². The Morgan fingerprint density at radius 3 is 2.63 bits per heavy atom. The average Bonchev–Trinajstić information content (AvgIpc) is 3.39. The second kappa shape index (κ2) is 10.4. The van der Waals surface area contributed by atoms with E-state index in [-0.39, 0.29) is 29.7 Å². The Balaban J connectivity index is 1.55. The third kappa shape index (κ3) is 5.51. The van der Waals surface area contributed by atoms with Crippen LogP contribution in [0.1, 0.15) is 48.8 Å². The zero-order valence-corrected chi connectivity index (χ0v) is 23.6. The summed E-state index contributed by atoms with van der Waals surface area (Å²) in [5.74, 6) is 1.06. The summed E-state index contributed by atoms with van der Waals surface area (Å²) in [4.78, 5) is 17.2. The quantitative estimate of drug-likeness (QED) is 0.438. The first-order chi connectivity index (χ1) is 18.0. The predicted molar refractivity (Wildman–Crippen MR) is 150 cm³/mol. The molecule has 1 saturated heterocycles. The maximum atomic E-state index is 12.3. The van der Waals surface area contributed by atoms with E-state index in [0.717, 1.165) is 60.2 Å². The molecule has 4 atom stereocenters. The Morgan fingerprint density at radius 2 is 1.89 bits per heavy atom. The zero-order valence-electron chi connectivity index (χ0n) is 22.8. The summed E-state index contributed by atoms with van der Waals surface area (Å²) in [7, 11) is -3.62. The van der Waals surface area contributed by atoms with Gasteiger partial charge in [-0.25, -0.2) is 4.98 Å². The third-order valence-electron chi connectivity index (χ3n) is 7.98. The summed E-state index contributed by atoms with van der Waals surface area (Å²) < 4.78 is 32.5. The highest BCUT2D eigenvalue weighted by Gasteiger charge is 2.42. The number of aryl methyl sites for hydroxylation is 2. The third-order valence-corrected chi connectivity index (χ3v) is 8.58. The second-order valence-electron chi connectivity index (χ2n) is 11.3. The minimum absolute atomic E-state index is 0.00217. The lowest BCUT2D eigenvalue weighted by atomic mass is 9.79. The second-order valence-corrected chi connectivity index (χ2v) is 12.9. The number of hydrogen-bond donors (Lipinski definition) is 2. The van der Waals surface area contributed by atoms with Crippen molar-refractivity contribution in [3.8, 4) is 0 Å². The van der Waals surface area contributed by atoms with Crippen molar-refractivity contribution in [3.63, 3.8) is 0 Å². The minimum Gasteiger partial charge on any atom is -0.326 e. The number of carbonyl (C=O) groups is 1. The van der Waals surface area contributed by atoms with E-state index in [4.69, 9.17) is 9.17 Å². The van der Waals surface area contributed by atoms with E-state index in [1.54, 1.807) is 0 Å². The number of amides is 1. The lowest BCUT2D eigenvalue weighted by Gasteiger charge is -2.40. The van der Waals surface area contributed by atoms with Gasteiger partial charge in [0.25, 0.3) is 10.1 Å². The Hall–Kier alpha value is -2.75. The molecule has 1 fully saturated rings. The number of rotatable bonds is 7. The predicted octanol–water partition coefficient (Wildman–Crippen LogP) is 4.16. The average molecular weight is 539 g/mol. The smallest absolute Gasteiger partial charge is 0.264 e. The molecule has 9 heteroatoms. The number of nitrogens with zero attached hydrogens (tertiary/aromatic N) is 2. The Bertz CT molecular complexity index is 1460. The number of hydrogen-bond acceptors (Lipinski definition) is 6. The minimum atomic E-state index is -3.62. The highest BCUT2D eigenvalue weighted by Crippen LogP contribution is 2.44. The van der Waals surface area contributed by atoms with Gasteiger partial charge in [-0.3, -0.25) is 8.98 Å². The highest BCUT2D eigenvalue weighted by molar-refractivity contribution is 7.86. The Labute approximate surface area is 225 Å². The van der Waals surface area contributed by atoms with Gasteiger partial charge in [0, 0.05) is 30.1 Å². The largest absolute Gasteiger partial charge is 0.326 e. The fraction of sp³-hybridized carbons (Fsp3) is 0.517. The topological polar surface area (TPSA) is 102 Å². The molecule has 2 N–H and O–H groups in total. The number of carbonyl (C=O) groups excluding carboxylic acids is 1. The Kier molecular flexibility index (Phi) is 7.37. The maximum absolute atomic E-state index is 12.3. The summed E-state index contributed by atoms with van der Waals surface area (Å²) >= 11 is 0. The van der Waals surface area contributed by atoms with Gasteiger partial charge >= 0.3 is 0 Å². The van der Waals surface area contributed by atoms with Gasteiger partial charge in [0.2, 0.25) is 5.91 Å². The van der Waals surface area contributed by atoms with Crippen LogP contribution in [-0.2, 0) is 31.9 Å². The summed E-state index contributed by atoms with van der Waals surface area (Å²) in [5.41, 5.74) is 6.50. The molecule has 38 heavy (non-hydrogen) atoms. The molecule has 3 unspecified atom stereocenters. The normalized spacial score (nSPS) is 22.5. The lowest BCUT2D eigenvalue weighted by Crippen LogP contribution is -2.48. The van der Waals surface area contributed by atoms with Crippen molar-refractivity contribution in [1.82, 2.24) is 14.9 Å². The highest BCUT2D eigenvalue weighted by atomic mass is 32.2. The first-order valence-corrected chi connectivity index (χ1v) is 15.3. The summed E-state index contributed by atoms with van der Waals surface area (Å²) in [6, 6.07) is 12.5. The maximum Gasteiger partial charge on any atom is 0.264 e. The van der Waals surface area contributed by atoms with E-state index < -0.39 is 16.2 Å². The molecule has 8 nitrogen and oxygen atoms in total. The molecule has 5 rings (SSSR count). The molecule has 0 radical (unpaired) electrons. The van der Waals surface area contributed by atoms with Crippen LogP contribution in [0.25, 0.3) is 11.0 Å². The van der Waals surface area contributed by atoms with Gasteiger partial charge in [-0.1, -0.05) is 26.0 Å². The zero-order chi connectivity index (χ0) is 27.2. The van der Waals surface area contributed by atoms with Crippen LogP contribution in [-0.4, -0.2) is 49.3 Å². The SMILES string of the molecule is Cc1ccc2c(c1)nc(C)n2C(C1CCNCC1OS(C)(=O)=O)[C@@H]1Cc2ccc(NC(=O)C(C)C)cc2C1. The van der Waals surface area contributed by atoms with Crippen molar-refractivity contribution in [2.24, 2.45) is 17.8 Å². The van der Waals surface area contributed by atoms with Crippen molar-refractivity contribution < 1.29 is 17.4 Å². The fourth-order valence-electron chi connectivity index (χ4n) is 6.29. The molecular weight excluding hydrogens is 500 g/mol. The summed E-state index contributed by atoms with van der Waals surface area (Å²) in [5, 5.41) is 6.36. The molecule has 0 saturated carbocycles. The molecule has 1 amide bonds. The number of fused-ring (bicyclic) bond motifs is 2. The van der Waals surface area contributed by atoms with E-state index in [1.165, 1.54) is 11.1 Å². The van der Waals surface area contributed by atoms with Crippen LogP contribution in [0.15, 0.2) is 36.4 Å². The fourth-order valence-corrected chi connectivity index (χ4v) is 6.95. The molecule has 1 aromatic heterocycles. The van der Waals surface area contributed by atoms with E-state index in [1.807, 2.05) is 26.8 Å². The van der Waals surface area contributed by atoms with Crippen molar-refractivity contribution >= 4 is 32.7 Å². The molecule has 1 aliphatic carbocycles. The number of anilines is 1. The van der Waals surface area contributed by atoms with Crippen molar-refractivity contribution in [3.05, 3.63) is 58.9 Å². The van der Waals surface area contributed by atoms with Gasteiger partial charge in [-0.15, -0.1) is 0 Å². The first kappa shape index (κ1) is 26.8. The lowest BCUT2D eigenvalue weighted by molar-refractivity contribution is -0.118. The van der Waals surface area contributed by atoms with Crippen LogP contribution in [0.2, 0.25) is 0 Å². The number of nitrogens with one attached hydrogen (secondary N) is 2. The molecule has 2 aromatic carbocycles. The van der Waals surface area contributed by atoms with Crippen LogP contribution < -0.4 is 10.6 Å². The molecule has 204 valence electrons. The standard InChI is InChI=1S/C29H38N4O4S/c1-17(2)29(34)32-23-8-7-20-13-22(14-21(20)15-23)28(24-10-11-30-16-27(24)37-38(5,35)36)33-19(4)31-25-12-18(3)6-9-26(25)33/h6-9,12,15,17,22,24,27-28,30H,10-11,13-14,16H2,1-5H3,(H,32,34)/t22-,24?,27?,28?/m1/s1. The van der Waals surface area contributed by atoms with Crippen molar-refractivity contribution in [1.29, 1.82) is 0 Å². The van der Waals surface area contributed by atoms with E-state index in [9.17, 15) is 13.2 Å². The number of imidazole rings is 1. The van der Waals surface area contributed by atoms with Crippen LogP contribution in [0.3, 0.4) is 0 Å². The molecule has 2 heterocycles. The summed E-state index contributed by atoms with van der Waals surface area (Å²) in [6.45, 7) is 9.17. The van der Waals surface area contributed by atoms with Gasteiger partial charge in [0.1, 0.15) is 5.82 Å². The van der Waals surface area contributed by atoms with Crippen LogP contribution in [0, 0.1) is 31.6 Å². The molecular formula is C29H38N4O4S. The molecule has 2 aliphatic rings. The number of aromatic nitrogens is 2. The van der Waals surface area contributed by atoms with Crippen LogP contribution in [0.5, 0.6) is 0 Å². The molecule has 3 aromatic rings. The van der Waals surface area contributed by atoms with Crippen LogP contribution >= 0.6 is 0 Å². The molecule has 0 spiro atoms. The number of piperidine rings is 1.